The van der Waals surface area contributed by atoms with Gasteiger partial charge in [-0.05, 0) is 22.0 Å². The Morgan fingerprint density at radius 3 is 2.92 bits per heavy atom. The molecule has 0 aliphatic rings. The Balaban J connectivity index is 2.43. The summed E-state index contributed by atoms with van der Waals surface area (Å²) in [6.45, 7) is 1.87. The monoisotopic (exact) mass is 230 g/mol. The lowest BCUT2D eigenvalue weighted by Crippen LogP contribution is -1.96. The van der Waals surface area contributed by atoms with E-state index in [-0.39, 0.29) is 5.78 Å². The first-order valence-corrected chi connectivity index (χ1v) is 4.77. The second-order valence-corrected chi connectivity index (χ2v) is 3.44. The average Bonchev–Trinajstić information content (AvgIpc) is 2.47. The fourth-order valence-electron chi connectivity index (χ4n) is 0.933. The van der Waals surface area contributed by atoms with E-state index < -0.39 is 0 Å². The van der Waals surface area contributed by atoms with Crippen LogP contribution < -0.4 is 0 Å². The molecule has 12 heavy (non-hydrogen) atoms. The fraction of sp³-hybridized carbons (Fsp3) is 0.444. The second-order valence-electron chi connectivity index (χ2n) is 2.58. The molecule has 0 amide bonds. The number of hydrogen-bond donors (Lipinski definition) is 0. The largest absolute Gasteiger partial charge is 0.468 e. The van der Waals surface area contributed by atoms with E-state index in [1.807, 2.05) is 13.0 Å². The van der Waals surface area contributed by atoms with Crippen LogP contribution in [0.15, 0.2) is 21.2 Å². The molecule has 0 unspecified atom stereocenters. The second kappa shape index (κ2) is 4.45. The Labute approximate surface area is 80.1 Å². The van der Waals surface area contributed by atoms with Crippen LogP contribution in [-0.4, -0.2) is 5.78 Å². The molecular formula is C9H11BrO2. The first-order valence-electron chi connectivity index (χ1n) is 3.97. The Hall–Kier alpha value is -0.570. The van der Waals surface area contributed by atoms with Crippen LogP contribution in [0.2, 0.25) is 0 Å². The molecule has 0 N–H and O–H groups in total. The highest BCUT2D eigenvalue weighted by Gasteiger charge is 2.05. The highest BCUT2D eigenvalue weighted by atomic mass is 79.9. The predicted octanol–water partition coefficient (Wildman–Crippen LogP) is 2.95. The zero-order valence-electron chi connectivity index (χ0n) is 6.97. The van der Waals surface area contributed by atoms with Gasteiger partial charge < -0.3 is 4.42 Å². The quantitative estimate of drug-likeness (QED) is 0.797. The van der Waals surface area contributed by atoms with E-state index in [4.69, 9.17) is 4.42 Å². The Morgan fingerprint density at radius 1 is 1.67 bits per heavy atom. The lowest BCUT2D eigenvalue weighted by atomic mass is 10.1. The van der Waals surface area contributed by atoms with E-state index in [2.05, 4.69) is 15.9 Å². The molecule has 0 aliphatic carbocycles. The highest BCUT2D eigenvalue weighted by molar-refractivity contribution is 9.10. The van der Waals surface area contributed by atoms with Crippen molar-refractivity contribution in [2.24, 2.45) is 0 Å². The molecule has 0 atom stereocenters. The molecule has 1 heterocycles. The van der Waals surface area contributed by atoms with Crippen LogP contribution in [0.5, 0.6) is 0 Å². The Morgan fingerprint density at radius 2 is 2.42 bits per heavy atom. The Kier molecular flexibility index (Phi) is 3.53. The smallest absolute Gasteiger partial charge is 0.133 e. The summed E-state index contributed by atoms with van der Waals surface area (Å²) in [6, 6.07) is 1.84. The number of carbonyl (C=O) groups is 1. The van der Waals surface area contributed by atoms with E-state index in [1.165, 1.54) is 0 Å². The van der Waals surface area contributed by atoms with Gasteiger partial charge in [-0.25, -0.2) is 0 Å². The molecule has 0 saturated carbocycles. The summed E-state index contributed by atoms with van der Waals surface area (Å²) in [5, 5.41) is 0. The first-order chi connectivity index (χ1) is 5.74. The van der Waals surface area contributed by atoms with Gasteiger partial charge >= 0.3 is 0 Å². The normalized spacial score (nSPS) is 10.2. The standard InChI is InChI=1S/C9H11BrO2/c1-2-7(11)3-4-9-8(10)5-6-12-9/h5-6H,2-4H2,1H3. The van der Waals surface area contributed by atoms with Gasteiger partial charge in [0, 0.05) is 19.3 Å². The molecule has 0 aliphatic heterocycles. The molecular weight excluding hydrogens is 220 g/mol. The number of Topliss-reactive ketones (excluding diaryl/α,β-unsaturated/α-hetero) is 1. The van der Waals surface area contributed by atoms with Gasteiger partial charge in [0.15, 0.2) is 0 Å². The maximum Gasteiger partial charge on any atom is 0.133 e. The minimum atomic E-state index is 0.276. The molecule has 0 aromatic carbocycles. The van der Waals surface area contributed by atoms with Crippen LogP contribution in [0.4, 0.5) is 0 Å². The lowest BCUT2D eigenvalue weighted by Gasteiger charge is -1.95. The number of aryl methyl sites for hydroxylation is 1. The number of hydrogen-bond acceptors (Lipinski definition) is 2. The van der Waals surface area contributed by atoms with Crippen LogP contribution in [0.25, 0.3) is 0 Å². The highest BCUT2D eigenvalue weighted by Crippen LogP contribution is 2.19. The maximum atomic E-state index is 11.0. The zero-order chi connectivity index (χ0) is 8.97. The minimum absolute atomic E-state index is 0.276. The van der Waals surface area contributed by atoms with Crippen molar-refractivity contribution in [2.45, 2.75) is 26.2 Å². The summed E-state index contributed by atoms with van der Waals surface area (Å²) in [5.41, 5.74) is 0. The van der Waals surface area contributed by atoms with E-state index in [0.717, 1.165) is 10.2 Å². The molecule has 0 bridgehead atoms. The van der Waals surface area contributed by atoms with Gasteiger partial charge in [-0.3, -0.25) is 4.79 Å². The van der Waals surface area contributed by atoms with Gasteiger partial charge in [0.25, 0.3) is 0 Å². The predicted molar refractivity (Wildman–Crippen MR) is 50.0 cm³/mol. The average molecular weight is 231 g/mol. The molecule has 0 fully saturated rings. The summed E-state index contributed by atoms with van der Waals surface area (Å²) in [6.07, 6.45) is 3.50. The molecule has 1 aromatic heterocycles. The molecule has 0 spiro atoms. The molecule has 0 radical (unpaired) electrons. The molecule has 66 valence electrons. The van der Waals surface area contributed by atoms with Gasteiger partial charge in [-0.2, -0.15) is 0 Å². The molecule has 3 heteroatoms. The van der Waals surface area contributed by atoms with Crippen LogP contribution >= 0.6 is 15.9 Å². The van der Waals surface area contributed by atoms with Crippen molar-refractivity contribution >= 4 is 21.7 Å². The van der Waals surface area contributed by atoms with E-state index in [0.29, 0.717) is 19.3 Å². The van der Waals surface area contributed by atoms with Crippen LogP contribution in [0, 0.1) is 0 Å². The van der Waals surface area contributed by atoms with E-state index >= 15 is 0 Å². The number of carbonyl (C=O) groups excluding carboxylic acids is 1. The maximum absolute atomic E-state index is 11.0. The van der Waals surface area contributed by atoms with Gasteiger partial charge in [0.1, 0.15) is 11.5 Å². The topological polar surface area (TPSA) is 30.2 Å². The van der Waals surface area contributed by atoms with Crippen molar-refractivity contribution in [2.75, 3.05) is 0 Å². The number of ketones is 1. The summed E-state index contributed by atoms with van der Waals surface area (Å²) in [5.74, 6) is 1.13. The van der Waals surface area contributed by atoms with Gasteiger partial charge in [-0.15, -0.1) is 0 Å². The molecule has 2 nitrogen and oxygen atoms in total. The van der Waals surface area contributed by atoms with Crippen LogP contribution in [0.3, 0.4) is 0 Å². The SMILES string of the molecule is CCC(=O)CCc1occc1Br. The number of rotatable bonds is 4. The summed E-state index contributed by atoms with van der Waals surface area (Å²) < 4.78 is 6.11. The molecule has 1 rings (SSSR count). The van der Waals surface area contributed by atoms with Crippen LogP contribution in [-0.2, 0) is 11.2 Å². The van der Waals surface area contributed by atoms with E-state index in [1.54, 1.807) is 6.26 Å². The fourth-order valence-corrected chi connectivity index (χ4v) is 1.33. The third-order valence-electron chi connectivity index (χ3n) is 1.72. The Bertz CT molecular complexity index is 265. The number of halogens is 1. The van der Waals surface area contributed by atoms with Crippen LogP contribution in [0.1, 0.15) is 25.5 Å². The summed E-state index contributed by atoms with van der Waals surface area (Å²) in [4.78, 5) is 11.0. The number of furan rings is 1. The van der Waals surface area contributed by atoms with E-state index in [9.17, 15) is 4.79 Å². The first kappa shape index (κ1) is 9.52. The molecule has 1 aromatic rings. The van der Waals surface area contributed by atoms with Gasteiger partial charge in [0.05, 0.1) is 10.7 Å². The van der Waals surface area contributed by atoms with Crippen molar-refractivity contribution < 1.29 is 9.21 Å². The van der Waals surface area contributed by atoms with Crippen molar-refractivity contribution in [1.82, 2.24) is 0 Å². The summed E-state index contributed by atoms with van der Waals surface area (Å²) in [7, 11) is 0. The van der Waals surface area contributed by atoms with Gasteiger partial charge in [0.2, 0.25) is 0 Å². The van der Waals surface area contributed by atoms with Crippen molar-refractivity contribution in [3.05, 3.63) is 22.6 Å². The third kappa shape index (κ3) is 2.48. The van der Waals surface area contributed by atoms with Crippen molar-refractivity contribution in [3.63, 3.8) is 0 Å². The summed E-state index contributed by atoms with van der Waals surface area (Å²) >= 11 is 3.33. The molecule has 0 saturated heterocycles. The zero-order valence-corrected chi connectivity index (χ0v) is 8.56. The third-order valence-corrected chi connectivity index (χ3v) is 2.42. The minimum Gasteiger partial charge on any atom is -0.468 e. The van der Waals surface area contributed by atoms with Crippen molar-refractivity contribution in [3.8, 4) is 0 Å². The lowest BCUT2D eigenvalue weighted by molar-refractivity contribution is -0.118. The van der Waals surface area contributed by atoms with Crippen molar-refractivity contribution in [1.29, 1.82) is 0 Å². The van der Waals surface area contributed by atoms with Gasteiger partial charge in [-0.1, -0.05) is 6.92 Å².